The van der Waals surface area contributed by atoms with Gasteiger partial charge in [-0.1, -0.05) is 19.1 Å². The number of amides is 1. The molecule has 0 spiro atoms. The maximum atomic E-state index is 13.1. The third kappa shape index (κ3) is 4.09. The fraction of sp³-hybridized carbons (Fsp3) is 0.524. The number of nitrogens with zero attached hydrogens (tertiary/aromatic N) is 3. The Balaban J connectivity index is 1.69. The van der Waals surface area contributed by atoms with Gasteiger partial charge in [0.2, 0.25) is 0 Å². The van der Waals surface area contributed by atoms with Crippen LogP contribution in [0.2, 0.25) is 0 Å². The normalized spacial score (nSPS) is 17.5. The third-order valence-corrected chi connectivity index (χ3v) is 5.36. The first-order valence-electron chi connectivity index (χ1n) is 9.71. The number of aryl methyl sites for hydroxylation is 2. The molecule has 1 N–H and O–H groups in total. The first-order chi connectivity index (χ1) is 12.6. The zero-order valence-electron chi connectivity index (χ0n) is 15.8. The van der Waals surface area contributed by atoms with Crippen LogP contribution in [0, 0.1) is 6.92 Å². The second-order valence-electron chi connectivity index (χ2n) is 7.22. The molecule has 0 bridgehead atoms. The van der Waals surface area contributed by atoms with E-state index in [-0.39, 0.29) is 11.9 Å². The third-order valence-electron chi connectivity index (χ3n) is 5.36. The maximum absolute atomic E-state index is 13.1. The predicted molar refractivity (Wildman–Crippen MR) is 102 cm³/mol. The number of rotatable bonds is 6. The number of aromatic nitrogens is 2. The summed E-state index contributed by atoms with van der Waals surface area (Å²) in [6.07, 6.45) is 7.93. The summed E-state index contributed by atoms with van der Waals surface area (Å²) in [6.45, 7) is 5.79. The Labute approximate surface area is 155 Å². The van der Waals surface area contributed by atoms with E-state index in [9.17, 15) is 9.90 Å². The largest absolute Gasteiger partial charge is 0.508 e. The van der Waals surface area contributed by atoms with Gasteiger partial charge in [-0.15, -0.1) is 0 Å². The smallest absolute Gasteiger partial charge is 0.257 e. The van der Waals surface area contributed by atoms with Crippen LogP contribution in [0.5, 0.6) is 5.75 Å². The minimum absolute atomic E-state index is 0.125. The number of hydrogen-bond acceptors (Lipinski definition) is 3. The lowest BCUT2D eigenvalue weighted by Gasteiger charge is -2.36. The summed E-state index contributed by atoms with van der Waals surface area (Å²) in [5.41, 5.74) is 2.92. The van der Waals surface area contributed by atoms with Crippen LogP contribution in [0.15, 0.2) is 30.5 Å². The lowest BCUT2D eigenvalue weighted by Crippen LogP contribution is -2.44. The number of hydrogen-bond donors (Lipinski definition) is 1. The zero-order chi connectivity index (χ0) is 18.5. The maximum Gasteiger partial charge on any atom is 0.257 e. The fourth-order valence-electron chi connectivity index (χ4n) is 3.81. The van der Waals surface area contributed by atoms with Gasteiger partial charge in [0, 0.05) is 24.8 Å². The van der Waals surface area contributed by atoms with E-state index in [1.54, 1.807) is 18.3 Å². The van der Waals surface area contributed by atoms with Gasteiger partial charge >= 0.3 is 0 Å². The van der Waals surface area contributed by atoms with Crippen molar-refractivity contribution in [3.63, 3.8) is 0 Å². The second-order valence-corrected chi connectivity index (χ2v) is 7.22. The highest BCUT2D eigenvalue weighted by Crippen LogP contribution is 2.25. The summed E-state index contributed by atoms with van der Waals surface area (Å²) in [7, 11) is 0. The molecule has 1 amide bonds. The van der Waals surface area contributed by atoms with E-state index in [0.29, 0.717) is 5.75 Å². The van der Waals surface area contributed by atoms with Crippen molar-refractivity contribution < 1.29 is 9.90 Å². The number of piperidine rings is 1. The highest BCUT2D eigenvalue weighted by Gasteiger charge is 2.29. The van der Waals surface area contributed by atoms with Crippen molar-refractivity contribution in [3.8, 4) is 5.75 Å². The molecule has 1 fully saturated rings. The highest BCUT2D eigenvalue weighted by molar-refractivity contribution is 5.95. The average Bonchev–Trinajstić information content (AvgIpc) is 3.02. The van der Waals surface area contributed by atoms with Gasteiger partial charge in [-0.3, -0.25) is 9.48 Å². The molecule has 1 aliphatic rings. The summed E-state index contributed by atoms with van der Waals surface area (Å²) >= 11 is 0. The number of phenolic OH excluding ortho intramolecular Hbond substituents is 1. The molecule has 0 aliphatic carbocycles. The minimum atomic E-state index is 0.125. The second kappa shape index (κ2) is 8.39. The van der Waals surface area contributed by atoms with Crippen LogP contribution in [0.25, 0.3) is 0 Å². The van der Waals surface area contributed by atoms with Crippen LogP contribution in [0.4, 0.5) is 0 Å². The van der Waals surface area contributed by atoms with E-state index in [4.69, 9.17) is 0 Å². The molecule has 5 nitrogen and oxygen atoms in total. The molecule has 26 heavy (non-hydrogen) atoms. The number of carbonyl (C=O) groups is 1. The van der Waals surface area contributed by atoms with Crippen molar-refractivity contribution in [1.82, 2.24) is 14.7 Å². The van der Waals surface area contributed by atoms with Crippen LogP contribution in [0.3, 0.4) is 0 Å². The summed E-state index contributed by atoms with van der Waals surface area (Å²) < 4.78 is 1.93. The topological polar surface area (TPSA) is 58.4 Å². The molecule has 1 saturated heterocycles. The Morgan fingerprint density at radius 1 is 1.27 bits per heavy atom. The molecular weight excluding hydrogens is 326 g/mol. The molecule has 3 rings (SSSR count). The summed E-state index contributed by atoms with van der Waals surface area (Å²) in [5, 5.41) is 13.8. The Morgan fingerprint density at radius 3 is 2.77 bits per heavy atom. The predicted octanol–water partition coefficient (Wildman–Crippen LogP) is 3.93. The number of likely N-dealkylation sites (tertiary alicyclic amines) is 1. The van der Waals surface area contributed by atoms with Crippen molar-refractivity contribution >= 4 is 5.91 Å². The molecule has 5 heteroatoms. The van der Waals surface area contributed by atoms with Crippen LogP contribution in [-0.4, -0.2) is 38.3 Å². The van der Waals surface area contributed by atoms with E-state index < -0.39 is 0 Å². The van der Waals surface area contributed by atoms with E-state index in [2.05, 4.69) is 16.9 Å². The van der Waals surface area contributed by atoms with Crippen molar-refractivity contribution in [1.29, 1.82) is 0 Å². The van der Waals surface area contributed by atoms with Crippen molar-refractivity contribution in [2.45, 2.75) is 65.0 Å². The zero-order valence-corrected chi connectivity index (χ0v) is 15.8. The van der Waals surface area contributed by atoms with E-state index in [0.717, 1.165) is 56.5 Å². The Hall–Kier alpha value is -2.30. The number of aromatic hydroxyl groups is 1. The number of benzene rings is 1. The van der Waals surface area contributed by atoms with Gasteiger partial charge in [-0.05, 0) is 63.1 Å². The molecular formula is C21H29N3O2. The summed E-state index contributed by atoms with van der Waals surface area (Å²) in [4.78, 5) is 15.2. The average molecular weight is 355 g/mol. The lowest BCUT2D eigenvalue weighted by molar-refractivity contribution is 0.0601. The van der Waals surface area contributed by atoms with Gasteiger partial charge in [0.1, 0.15) is 5.75 Å². The first kappa shape index (κ1) is 18.5. The Kier molecular flexibility index (Phi) is 5.96. The van der Waals surface area contributed by atoms with Gasteiger partial charge < -0.3 is 10.0 Å². The van der Waals surface area contributed by atoms with Gasteiger partial charge in [0.15, 0.2) is 0 Å². The SMILES string of the molecule is CCCn1ncc(C(=O)N2CCCC[C@@H]2CCc2ccc(O)cc2)c1C. The monoisotopic (exact) mass is 355 g/mol. The first-order valence-corrected chi connectivity index (χ1v) is 9.71. The van der Waals surface area contributed by atoms with Crippen LogP contribution < -0.4 is 0 Å². The van der Waals surface area contributed by atoms with Gasteiger partial charge in [0.05, 0.1) is 11.8 Å². The molecule has 0 saturated carbocycles. The van der Waals surface area contributed by atoms with Crippen LogP contribution >= 0.6 is 0 Å². The van der Waals surface area contributed by atoms with E-state index in [1.807, 2.05) is 23.7 Å². The fourth-order valence-corrected chi connectivity index (χ4v) is 3.81. The molecule has 1 aromatic carbocycles. The van der Waals surface area contributed by atoms with E-state index in [1.165, 1.54) is 12.0 Å². The molecule has 2 aromatic rings. The Morgan fingerprint density at radius 2 is 2.04 bits per heavy atom. The summed E-state index contributed by atoms with van der Waals surface area (Å²) in [6, 6.07) is 7.65. The molecule has 140 valence electrons. The standard InChI is InChI=1S/C21H29N3O2/c1-3-13-24-16(2)20(15-22-24)21(26)23-14-5-4-6-18(23)10-7-17-8-11-19(25)12-9-17/h8-9,11-12,15,18,25H,3-7,10,13-14H2,1-2H3/t18-/m1/s1. The summed E-state index contributed by atoms with van der Waals surface area (Å²) in [5.74, 6) is 0.419. The van der Waals surface area contributed by atoms with Crippen molar-refractivity contribution in [2.24, 2.45) is 0 Å². The molecule has 1 aliphatic heterocycles. The van der Waals surface area contributed by atoms with Crippen molar-refractivity contribution in [3.05, 3.63) is 47.3 Å². The van der Waals surface area contributed by atoms with Gasteiger partial charge in [0.25, 0.3) is 5.91 Å². The van der Waals surface area contributed by atoms with Crippen LogP contribution in [-0.2, 0) is 13.0 Å². The van der Waals surface area contributed by atoms with Crippen LogP contribution in [0.1, 0.15) is 60.6 Å². The van der Waals surface area contributed by atoms with Gasteiger partial charge in [-0.2, -0.15) is 5.10 Å². The molecule has 0 unspecified atom stereocenters. The van der Waals surface area contributed by atoms with Gasteiger partial charge in [-0.25, -0.2) is 0 Å². The molecule has 0 radical (unpaired) electrons. The Bertz CT molecular complexity index is 736. The minimum Gasteiger partial charge on any atom is -0.508 e. The molecule has 2 heterocycles. The quantitative estimate of drug-likeness (QED) is 0.854. The number of carbonyl (C=O) groups excluding carboxylic acids is 1. The highest BCUT2D eigenvalue weighted by atomic mass is 16.3. The van der Waals surface area contributed by atoms with E-state index >= 15 is 0 Å². The number of phenols is 1. The van der Waals surface area contributed by atoms with Crippen molar-refractivity contribution in [2.75, 3.05) is 6.54 Å². The lowest BCUT2D eigenvalue weighted by atomic mass is 9.95. The molecule has 1 atom stereocenters. The molecule has 1 aromatic heterocycles.